The number of carbonyl (C=O) groups excluding carboxylic acids is 1. The molecule has 0 saturated heterocycles. The Morgan fingerprint density at radius 3 is 2.85 bits per heavy atom. The molecule has 3 heterocycles. The fourth-order valence-corrected chi connectivity index (χ4v) is 2.67. The van der Waals surface area contributed by atoms with E-state index in [1.165, 1.54) is 17.0 Å². The first kappa shape index (κ1) is 16.3. The summed E-state index contributed by atoms with van der Waals surface area (Å²) in [5, 5.41) is 7.35. The molecular formula is C18H19N5O3. The van der Waals surface area contributed by atoms with Crippen LogP contribution in [0.1, 0.15) is 60.5 Å². The van der Waals surface area contributed by atoms with Crippen molar-refractivity contribution in [2.45, 2.75) is 38.5 Å². The van der Waals surface area contributed by atoms with E-state index in [4.69, 9.17) is 4.42 Å². The fraction of sp³-hybridized carbons (Fsp3) is 0.333. The van der Waals surface area contributed by atoms with Crippen molar-refractivity contribution in [3.05, 3.63) is 58.0 Å². The summed E-state index contributed by atoms with van der Waals surface area (Å²) in [6.07, 6.45) is 3.57. The molecule has 0 radical (unpaired) electrons. The molecule has 134 valence electrons. The van der Waals surface area contributed by atoms with Crippen LogP contribution in [0.15, 0.2) is 39.7 Å². The van der Waals surface area contributed by atoms with Gasteiger partial charge in [-0.3, -0.25) is 14.6 Å². The smallest absolute Gasteiger partial charge is 0.292 e. The first-order chi connectivity index (χ1) is 12.5. The van der Waals surface area contributed by atoms with E-state index in [1.54, 1.807) is 12.1 Å². The Kier molecular flexibility index (Phi) is 3.95. The van der Waals surface area contributed by atoms with E-state index < -0.39 is 0 Å². The van der Waals surface area contributed by atoms with Crippen LogP contribution in [0.25, 0.3) is 5.95 Å². The van der Waals surface area contributed by atoms with Gasteiger partial charge in [-0.15, -0.1) is 0 Å². The van der Waals surface area contributed by atoms with E-state index in [9.17, 15) is 9.59 Å². The Bertz CT molecular complexity index is 996. The van der Waals surface area contributed by atoms with Crippen LogP contribution in [-0.4, -0.2) is 25.7 Å². The predicted octanol–water partition coefficient (Wildman–Crippen LogP) is 2.80. The molecule has 0 spiro atoms. The average Bonchev–Trinajstić information content (AvgIpc) is 3.14. The molecule has 4 rings (SSSR count). The van der Waals surface area contributed by atoms with E-state index in [0.29, 0.717) is 17.4 Å². The zero-order valence-corrected chi connectivity index (χ0v) is 14.5. The van der Waals surface area contributed by atoms with Gasteiger partial charge in [-0.1, -0.05) is 13.8 Å². The molecule has 0 bridgehead atoms. The number of hydrogen-bond donors (Lipinski definition) is 2. The third-order valence-corrected chi connectivity index (χ3v) is 4.25. The van der Waals surface area contributed by atoms with Crippen molar-refractivity contribution in [2.75, 3.05) is 5.32 Å². The average molecular weight is 353 g/mol. The van der Waals surface area contributed by atoms with Crippen molar-refractivity contribution in [3.8, 4) is 5.95 Å². The SMILES string of the molecule is CC(C)c1cc(=O)[nH]c(-n2nc(C3CC3)cc2NC(=O)c2ccco2)n1. The highest BCUT2D eigenvalue weighted by Crippen LogP contribution is 2.40. The standard InChI is InChI=1S/C18H19N5O3/c1-10(2)12-9-16(24)21-18(19-12)23-15(8-13(22-23)11-5-6-11)20-17(25)14-4-3-7-26-14/h3-4,7-11H,5-6H2,1-2H3,(H,20,25)(H,19,21,24). The summed E-state index contributed by atoms with van der Waals surface area (Å²) in [6, 6.07) is 6.52. The second-order valence-electron chi connectivity index (χ2n) is 6.72. The van der Waals surface area contributed by atoms with E-state index >= 15 is 0 Å². The van der Waals surface area contributed by atoms with Gasteiger partial charge in [-0.2, -0.15) is 9.78 Å². The zero-order valence-electron chi connectivity index (χ0n) is 14.5. The van der Waals surface area contributed by atoms with Crippen LogP contribution < -0.4 is 10.9 Å². The lowest BCUT2D eigenvalue weighted by Crippen LogP contribution is -2.19. The Morgan fingerprint density at radius 2 is 2.19 bits per heavy atom. The van der Waals surface area contributed by atoms with E-state index in [0.717, 1.165) is 18.5 Å². The van der Waals surface area contributed by atoms with Gasteiger partial charge in [0.2, 0.25) is 5.95 Å². The molecule has 8 nitrogen and oxygen atoms in total. The second-order valence-corrected chi connectivity index (χ2v) is 6.72. The number of carbonyl (C=O) groups is 1. The van der Waals surface area contributed by atoms with Gasteiger partial charge in [-0.25, -0.2) is 4.98 Å². The Hall–Kier alpha value is -3.16. The number of hydrogen-bond acceptors (Lipinski definition) is 5. The lowest BCUT2D eigenvalue weighted by molar-refractivity contribution is 0.0996. The van der Waals surface area contributed by atoms with Crippen molar-refractivity contribution in [2.24, 2.45) is 0 Å². The van der Waals surface area contributed by atoms with Gasteiger partial charge in [0.05, 0.1) is 17.7 Å². The number of rotatable bonds is 5. The van der Waals surface area contributed by atoms with Gasteiger partial charge in [-0.05, 0) is 30.9 Å². The first-order valence-electron chi connectivity index (χ1n) is 8.57. The number of H-pyrrole nitrogens is 1. The lowest BCUT2D eigenvalue weighted by atomic mass is 10.1. The number of amides is 1. The molecule has 1 aliphatic rings. The second kappa shape index (κ2) is 6.29. The predicted molar refractivity (Wildman–Crippen MR) is 94.7 cm³/mol. The maximum atomic E-state index is 12.4. The van der Waals surface area contributed by atoms with Gasteiger partial charge in [0.15, 0.2) is 5.76 Å². The maximum Gasteiger partial charge on any atom is 0.292 e. The van der Waals surface area contributed by atoms with Crippen LogP contribution >= 0.6 is 0 Å². The van der Waals surface area contributed by atoms with Gasteiger partial charge in [0.25, 0.3) is 11.5 Å². The molecule has 1 amide bonds. The summed E-state index contributed by atoms with van der Waals surface area (Å²) < 4.78 is 6.61. The van der Waals surface area contributed by atoms with Crippen LogP contribution in [0.3, 0.4) is 0 Å². The van der Waals surface area contributed by atoms with Gasteiger partial charge in [0, 0.05) is 18.1 Å². The molecule has 3 aromatic heterocycles. The lowest BCUT2D eigenvalue weighted by Gasteiger charge is -2.09. The normalized spacial score (nSPS) is 14.0. The fourth-order valence-electron chi connectivity index (χ4n) is 2.67. The molecule has 1 fully saturated rings. The molecule has 0 atom stereocenters. The highest BCUT2D eigenvalue weighted by atomic mass is 16.3. The minimum Gasteiger partial charge on any atom is -0.459 e. The summed E-state index contributed by atoms with van der Waals surface area (Å²) in [6.45, 7) is 3.92. The third-order valence-electron chi connectivity index (χ3n) is 4.25. The van der Waals surface area contributed by atoms with Crippen LogP contribution in [0.2, 0.25) is 0 Å². The molecule has 0 aliphatic heterocycles. The molecule has 0 unspecified atom stereocenters. The molecule has 1 saturated carbocycles. The molecule has 26 heavy (non-hydrogen) atoms. The van der Waals surface area contributed by atoms with Crippen LogP contribution in [-0.2, 0) is 0 Å². The number of aromatic nitrogens is 4. The van der Waals surface area contributed by atoms with Crippen molar-refractivity contribution in [3.63, 3.8) is 0 Å². The van der Waals surface area contributed by atoms with Crippen molar-refractivity contribution >= 4 is 11.7 Å². The van der Waals surface area contributed by atoms with E-state index in [1.807, 2.05) is 19.9 Å². The highest BCUT2D eigenvalue weighted by molar-refractivity contribution is 6.01. The summed E-state index contributed by atoms with van der Waals surface area (Å²) >= 11 is 0. The first-order valence-corrected chi connectivity index (χ1v) is 8.57. The number of nitrogens with zero attached hydrogens (tertiary/aromatic N) is 3. The number of aromatic amines is 1. The minimum atomic E-state index is -0.388. The van der Waals surface area contributed by atoms with E-state index in [-0.39, 0.29) is 29.1 Å². The van der Waals surface area contributed by atoms with Crippen molar-refractivity contribution < 1.29 is 9.21 Å². The molecule has 8 heteroatoms. The third kappa shape index (κ3) is 3.17. The van der Waals surface area contributed by atoms with Crippen LogP contribution in [0.5, 0.6) is 0 Å². The minimum absolute atomic E-state index is 0.0932. The van der Waals surface area contributed by atoms with Gasteiger partial charge >= 0.3 is 0 Å². The Balaban J connectivity index is 1.75. The van der Waals surface area contributed by atoms with Gasteiger partial charge in [0.1, 0.15) is 5.82 Å². The molecule has 2 N–H and O–H groups in total. The number of furan rings is 1. The number of nitrogens with one attached hydrogen (secondary N) is 2. The Labute approximate surface area is 149 Å². The summed E-state index contributed by atoms with van der Waals surface area (Å²) in [7, 11) is 0. The van der Waals surface area contributed by atoms with Crippen LogP contribution in [0.4, 0.5) is 5.82 Å². The maximum absolute atomic E-state index is 12.4. The summed E-state index contributed by atoms with van der Waals surface area (Å²) in [5.41, 5.74) is 1.28. The molecule has 0 aromatic carbocycles. The van der Waals surface area contributed by atoms with Gasteiger partial charge < -0.3 is 9.73 Å². The largest absolute Gasteiger partial charge is 0.459 e. The summed E-state index contributed by atoms with van der Waals surface area (Å²) in [5.74, 6) is 1.01. The Morgan fingerprint density at radius 1 is 1.38 bits per heavy atom. The summed E-state index contributed by atoms with van der Waals surface area (Å²) in [4.78, 5) is 31.6. The van der Waals surface area contributed by atoms with Crippen molar-refractivity contribution in [1.82, 2.24) is 19.7 Å². The highest BCUT2D eigenvalue weighted by Gasteiger charge is 2.28. The quantitative estimate of drug-likeness (QED) is 0.734. The molecule has 3 aromatic rings. The molecular weight excluding hydrogens is 334 g/mol. The van der Waals surface area contributed by atoms with Crippen LogP contribution in [0, 0.1) is 0 Å². The zero-order chi connectivity index (χ0) is 18.3. The van der Waals surface area contributed by atoms with Crippen molar-refractivity contribution in [1.29, 1.82) is 0 Å². The van der Waals surface area contributed by atoms with E-state index in [2.05, 4.69) is 20.4 Å². The molecule has 1 aliphatic carbocycles. The number of anilines is 1. The topological polar surface area (TPSA) is 106 Å². The monoisotopic (exact) mass is 353 g/mol.